The van der Waals surface area contributed by atoms with Crippen LogP contribution in [0.5, 0.6) is 0 Å². The lowest BCUT2D eigenvalue weighted by Gasteiger charge is -2.08. The number of pyridine rings is 1. The number of aliphatic hydroxyl groups excluding tert-OH is 1. The summed E-state index contributed by atoms with van der Waals surface area (Å²) < 4.78 is 39.3. The fraction of sp³-hybridized carbons (Fsp3) is 0.250. The van der Waals surface area contributed by atoms with Gasteiger partial charge in [0.2, 0.25) is 15.8 Å². The quantitative estimate of drug-likeness (QED) is 0.608. The van der Waals surface area contributed by atoms with Gasteiger partial charge in [-0.05, 0) is 48.5 Å². The van der Waals surface area contributed by atoms with E-state index in [1.165, 1.54) is 23.0 Å². The molecule has 142 valence electrons. The maximum atomic E-state index is 13.0. The van der Waals surface area contributed by atoms with E-state index in [1.807, 2.05) is 0 Å². The largest absolute Gasteiger partial charge is 0.395 e. The zero-order chi connectivity index (χ0) is 19.4. The molecular formula is C16H17FN6O3S. The lowest BCUT2D eigenvalue weighted by atomic mass is 10.2. The van der Waals surface area contributed by atoms with E-state index in [4.69, 9.17) is 5.11 Å². The molecule has 0 fully saturated rings. The third kappa shape index (κ3) is 4.32. The molecule has 2 aromatic heterocycles. The van der Waals surface area contributed by atoms with Crippen LogP contribution >= 0.6 is 0 Å². The van der Waals surface area contributed by atoms with Gasteiger partial charge >= 0.3 is 0 Å². The van der Waals surface area contributed by atoms with E-state index in [9.17, 15) is 12.8 Å². The van der Waals surface area contributed by atoms with Gasteiger partial charge in [-0.1, -0.05) is 0 Å². The van der Waals surface area contributed by atoms with Crippen LogP contribution in [-0.2, 0) is 10.0 Å². The van der Waals surface area contributed by atoms with Crippen LogP contribution in [0, 0.1) is 5.82 Å². The van der Waals surface area contributed by atoms with Gasteiger partial charge in [-0.3, -0.25) is 4.98 Å². The molecule has 0 aliphatic carbocycles. The second kappa shape index (κ2) is 7.86. The molecule has 0 radical (unpaired) electrons. The summed E-state index contributed by atoms with van der Waals surface area (Å²) in [5, 5.41) is 21.0. The van der Waals surface area contributed by atoms with Gasteiger partial charge in [0, 0.05) is 12.1 Å². The monoisotopic (exact) mass is 392 g/mol. The Kier molecular flexibility index (Phi) is 5.54. The first-order chi connectivity index (χ1) is 12.9. The molecule has 0 saturated carbocycles. The number of sulfonamides is 1. The van der Waals surface area contributed by atoms with Crippen molar-refractivity contribution in [3.05, 3.63) is 54.1 Å². The normalized spacial score (nSPS) is 12.9. The summed E-state index contributed by atoms with van der Waals surface area (Å²) in [5.41, 5.74) is 1.17. The topological polar surface area (TPSA) is 123 Å². The third-order valence-electron chi connectivity index (χ3n) is 3.78. The molecule has 0 amide bonds. The number of rotatable bonds is 7. The second-order valence-electron chi connectivity index (χ2n) is 5.66. The van der Waals surface area contributed by atoms with Crippen LogP contribution in [0.3, 0.4) is 0 Å². The van der Waals surface area contributed by atoms with Gasteiger partial charge in [0.25, 0.3) is 0 Å². The van der Waals surface area contributed by atoms with Crippen molar-refractivity contribution < 1.29 is 17.9 Å². The van der Waals surface area contributed by atoms with E-state index < -0.39 is 15.8 Å². The Bertz CT molecular complexity index is 1010. The highest BCUT2D eigenvalue weighted by molar-refractivity contribution is 7.89. The van der Waals surface area contributed by atoms with Gasteiger partial charge in [0.15, 0.2) is 0 Å². The fourth-order valence-electron chi connectivity index (χ4n) is 2.30. The molecule has 0 spiro atoms. The first-order valence-corrected chi connectivity index (χ1v) is 9.51. The molecule has 3 rings (SSSR count). The molecule has 0 saturated heterocycles. The van der Waals surface area contributed by atoms with Gasteiger partial charge in [-0.15, -0.1) is 10.2 Å². The van der Waals surface area contributed by atoms with E-state index >= 15 is 0 Å². The minimum Gasteiger partial charge on any atom is -0.395 e. The summed E-state index contributed by atoms with van der Waals surface area (Å²) in [7, 11) is -3.68. The van der Waals surface area contributed by atoms with Crippen LogP contribution in [-0.4, -0.2) is 51.9 Å². The molecule has 0 bridgehead atoms. The minimum absolute atomic E-state index is 0.0602. The third-order valence-corrected chi connectivity index (χ3v) is 5.26. The molecular weight excluding hydrogens is 375 g/mol. The Morgan fingerprint density at radius 3 is 2.59 bits per heavy atom. The highest BCUT2D eigenvalue weighted by Crippen LogP contribution is 2.19. The molecule has 11 heteroatoms. The van der Waals surface area contributed by atoms with Crippen LogP contribution in [0.1, 0.15) is 18.7 Å². The lowest BCUT2D eigenvalue weighted by Crippen LogP contribution is -2.26. The number of benzene rings is 1. The van der Waals surface area contributed by atoms with Crippen molar-refractivity contribution in [2.24, 2.45) is 0 Å². The van der Waals surface area contributed by atoms with Crippen molar-refractivity contribution >= 4 is 10.0 Å². The smallest absolute Gasteiger partial charge is 0.240 e. The molecule has 1 atom stereocenters. The molecule has 27 heavy (non-hydrogen) atoms. The number of aliphatic hydroxyl groups is 1. The standard InChI is InChI=1S/C16H17FN6O3S/c1-11(15-7-4-13(17)10-18-15)23-21-16(20-22-23)12-2-5-14(6-3-12)27(25,26)19-8-9-24/h2-7,10-11,19,24H,8-9H2,1H3/t11-/m0/s1. The van der Waals surface area contributed by atoms with Crippen molar-refractivity contribution in [3.8, 4) is 11.4 Å². The number of tetrazole rings is 1. The SMILES string of the molecule is C[C@@H](c1ccc(F)cn1)n1nnc(-c2ccc(S(=O)(=O)NCCO)cc2)n1. The predicted molar refractivity (Wildman–Crippen MR) is 93.5 cm³/mol. The molecule has 9 nitrogen and oxygen atoms in total. The van der Waals surface area contributed by atoms with Gasteiger partial charge in [-0.25, -0.2) is 17.5 Å². The van der Waals surface area contributed by atoms with E-state index in [2.05, 4.69) is 25.1 Å². The lowest BCUT2D eigenvalue weighted by molar-refractivity contribution is 0.301. The minimum atomic E-state index is -3.68. The summed E-state index contributed by atoms with van der Waals surface area (Å²) in [5.74, 6) is -0.113. The van der Waals surface area contributed by atoms with E-state index in [0.717, 1.165) is 6.20 Å². The van der Waals surface area contributed by atoms with Crippen molar-refractivity contribution in [1.29, 1.82) is 0 Å². The molecule has 2 heterocycles. The van der Waals surface area contributed by atoms with Crippen LogP contribution in [0.25, 0.3) is 11.4 Å². The Morgan fingerprint density at radius 2 is 1.96 bits per heavy atom. The Balaban J connectivity index is 1.79. The van der Waals surface area contributed by atoms with Gasteiger partial charge < -0.3 is 5.11 Å². The molecule has 3 aromatic rings. The van der Waals surface area contributed by atoms with Crippen molar-refractivity contribution in [1.82, 2.24) is 29.9 Å². The van der Waals surface area contributed by atoms with Gasteiger partial charge in [-0.2, -0.15) is 4.80 Å². The first-order valence-electron chi connectivity index (χ1n) is 8.02. The average Bonchev–Trinajstić information content (AvgIpc) is 3.17. The molecule has 0 unspecified atom stereocenters. The maximum Gasteiger partial charge on any atom is 0.240 e. The summed E-state index contributed by atoms with van der Waals surface area (Å²) in [6.45, 7) is 1.45. The number of nitrogens with zero attached hydrogens (tertiary/aromatic N) is 5. The first kappa shape index (κ1) is 19.0. The summed E-state index contributed by atoms with van der Waals surface area (Å²) in [4.78, 5) is 5.42. The summed E-state index contributed by atoms with van der Waals surface area (Å²) in [6.07, 6.45) is 1.12. The summed E-state index contributed by atoms with van der Waals surface area (Å²) >= 11 is 0. The van der Waals surface area contributed by atoms with Gasteiger partial charge in [0.05, 0.1) is 23.4 Å². The average molecular weight is 392 g/mol. The van der Waals surface area contributed by atoms with E-state index in [-0.39, 0.29) is 24.1 Å². The number of hydrogen-bond donors (Lipinski definition) is 2. The number of hydrogen-bond acceptors (Lipinski definition) is 7. The van der Waals surface area contributed by atoms with Crippen molar-refractivity contribution in [2.45, 2.75) is 17.9 Å². The van der Waals surface area contributed by atoms with E-state index in [1.54, 1.807) is 25.1 Å². The number of nitrogens with one attached hydrogen (secondary N) is 1. The zero-order valence-electron chi connectivity index (χ0n) is 14.3. The summed E-state index contributed by atoms with van der Waals surface area (Å²) in [6, 6.07) is 8.46. The maximum absolute atomic E-state index is 13.0. The Labute approximate surface area is 154 Å². The Hall–Kier alpha value is -2.76. The highest BCUT2D eigenvalue weighted by Gasteiger charge is 2.16. The predicted octanol–water partition coefficient (Wildman–Crippen LogP) is 0.754. The van der Waals surface area contributed by atoms with Crippen molar-refractivity contribution in [2.75, 3.05) is 13.2 Å². The number of halogens is 1. The zero-order valence-corrected chi connectivity index (χ0v) is 15.1. The van der Waals surface area contributed by atoms with Crippen LogP contribution in [0.4, 0.5) is 4.39 Å². The number of aromatic nitrogens is 5. The molecule has 2 N–H and O–H groups in total. The van der Waals surface area contributed by atoms with Crippen LogP contribution in [0.15, 0.2) is 47.5 Å². The fourth-order valence-corrected chi connectivity index (χ4v) is 3.33. The van der Waals surface area contributed by atoms with Crippen LogP contribution < -0.4 is 4.72 Å². The van der Waals surface area contributed by atoms with E-state index in [0.29, 0.717) is 17.1 Å². The second-order valence-corrected chi connectivity index (χ2v) is 7.42. The van der Waals surface area contributed by atoms with Gasteiger partial charge in [0.1, 0.15) is 11.9 Å². The van der Waals surface area contributed by atoms with Crippen LogP contribution in [0.2, 0.25) is 0 Å². The molecule has 0 aliphatic rings. The molecule has 1 aromatic carbocycles. The Morgan fingerprint density at radius 1 is 1.22 bits per heavy atom. The van der Waals surface area contributed by atoms with Crippen molar-refractivity contribution in [3.63, 3.8) is 0 Å². The molecule has 0 aliphatic heterocycles. The highest BCUT2D eigenvalue weighted by atomic mass is 32.2.